The van der Waals surface area contributed by atoms with E-state index in [0.717, 1.165) is 11.3 Å². The summed E-state index contributed by atoms with van der Waals surface area (Å²) in [7, 11) is 2.97. The standard InChI is InChI=1S/C101H134N12O19S2/c1-17-133-134-65-83(111-96(126)132-99(14,15)16)89(119)102-53-54-127-55-56-128-64-86(117)103-60-85(116)112-87(67(4)5)95(125)107-79(59-84(115)113-100(71-41-27-19-28-42-71,72-43-29-20-30-44-72)73-45-31-21-32-46-73)90(120)104-68(6)88(118)108-82(63-131-101(74-47-33-22-34-48-74,75-49-35-23-36-50-75)76-51-37-24-38-52-76)94(124)110-81(62-130-98(11,12)13)93(123)109-80(61-129-97(8,9)10)92(122)106-78(57-66(2)3)91(121)105-77(69(7)114)58-70-39-25-18-26-40-70/h18-52,66-68,77-83,87H,17,53-65H2,1-16H3,(H,102,119)(H,103,117)(H,104,120)(H,105,121)(H,106,122)(H,107,125)(H,108,118)(H,109,123)(H,110,124)(H,111,126)(H,112,116)(H,113,115)/t68-,77-,78-,79-,80-,81-,82-,83-,87-/m0/s1. The van der Waals surface area contributed by atoms with Gasteiger partial charge in [0.15, 0.2) is 5.78 Å². The van der Waals surface area contributed by atoms with Crippen molar-refractivity contribution in [3.8, 4) is 0 Å². The number of carbonyl (C=O) groups is 13. The van der Waals surface area contributed by atoms with Crippen LogP contribution in [0.1, 0.15) is 163 Å². The zero-order valence-electron chi connectivity index (χ0n) is 79.5. The third kappa shape index (κ3) is 36.2. The normalized spacial score (nSPS) is 13.8. The van der Waals surface area contributed by atoms with Crippen LogP contribution in [-0.4, -0.2) is 219 Å². The van der Waals surface area contributed by atoms with E-state index in [1.807, 2.05) is 197 Å². The van der Waals surface area contributed by atoms with Gasteiger partial charge in [-0.15, -0.1) is 0 Å². The first kappa shape index (κ1) is 109. The summed E-state index contributed by atoms with van der Waals surface area (Å²) < 4.78 is 36.1. The summed E-state index contributed by atoms with van der Waals surface area (Å²) in [4.78, 5) is 188. The Morgan fingerprint density at radius 2 is 0.769 bits per heavy atom. The van der Waals surface area contributed by atoms with Crippen LogP contribution in [0.15, 0.2) is 212 Å². The van der Waals surface area contributed by atoms with E-state index in [9.17, 15) is 33.6 Å². The number of amides is 12. The van der Waals surface area contributed by atoms with Gasteiger partial charge in [0.05, 0.1) is 69.9 Å². The van der Waals surface area contributed by atoms with Crippen molar-refractivity contribution in [3.05, 3.63) is 251 Å². The van der Waals surface area contributed by atoms with Gasteiger partial charge in [-0.25, -0.2) is 4.79 Å². The third-order valence-corrected chi connectivity index (χ3v) is 23.2. The van der Waals surface area contributed by atoms with Gasteiger partial charge in [0.2, 0.25) is 65.0 Å². The number of carbonyl (C=O) groups excluding carboxylic acids is 13. The number of ether oxygens (including phenoxy) is 6. The van der Waals surface area contributed by atoms with E-state index >= 15 is 28.8 Å². The minimum absolute atomic E-state index is 0.0181. The van der Waals surface area contributed by atoms with Crippen molar-refractivity contribution >= 4 is 98.4 Å². The molecule has 0 heterocycles. The van der Waals surface area contributed by atoms with Crippen LogP contribution in [0.25, 0.3) is 0 Å². The van der Waals surface area contributed by atoms with Crippen LogP contribution in [0.3, 0.4) is 0 Å². The van der Waals surface area contributed by atoms with E-state index < -0.39 is 199 Å². The average molecular weight is 1880 g/mol. The summed E-state index contributed by atoms with van der Waals surface area (Å²) in [5.41, 5.74) is -1.25. The van der Waals surface area contributed by atoms with E-state index in [0.29, 0.717) is 33.4 Å². The molecule has 134 heavy (non-hydrogen) atoms. The van der Waals surface area contributed by atoms with Crippen LogP contribution < -0.4 is 63.8 Å². The molecule has 0 saturated carbocycles. The van der Waals surface area contributed by atoms with Gasteiger partial charge in [-0.3, -0.25) is 57.5 Å². The molecule has 724 valence electrons. The van der Waals surface area contributed by atoms with Gasteiger partial charge in [0.1, 0.15) is 71.7 Å². The molecule has 0 unspecified atom stereocenters. The van der Waals surface area contributed by atoms with Crippen molar-refractivity contribution in [1.29, 1.82) is 0 Å². The predicted molar refractivity (Wildman–Crippen MR) is 516 cm³/mol. The van der Waals surface area contributed by atoms with Crippen LogP contribution >= 0.6 is 21.6 Å². The molecule has 9 atom stereocenters. The molecule has 7 aromatic rings. The Bertz CT molecular complexity index is 4720. The maximum Gasteiger partial charge on any atom is 0.408 e. The van der Waals surface area contributed by atoms with E-state index in [2.05, 4.69) is 63.8 Å². The molecule has 0 aliphatic carbocycles. The van der Waals surface area contributed by atoms with Crippen molar-refractivity contribution in [2.45, 2.75) is 212 Å². The van der Waals surface area contributed by atoms with Crippen molar-refractivity contribution in [2.75, 3.05) is 70.8 Å². The Labute approximate surface area is 794 Å². The first-order chi connectivity index (χ1) is 63.6. The molecule has 0 saturated heterocycles. The Balaban J connectivity index is 1.18. The lowest BCUT2D eigenvalue weighted by molar-refractivity contribution is -0.140. The lowest BCUT2D eigenvalue weighted by atomic mass is 9.77. The fraction of sp³-hybridized carbons (Fsp3) is 0.455. The lowest BCUT2D eigenvalue weighted by Crippen LogP contribution is -2.62. The molecule has 7 aromatic carbocycles. The lowest BCUT2D eigenvalue weighted by Gasteiger charge is -2.37. The summed E-state index contributed by atoms with van der Waals surface area (Å²) in [6.45, 7) is 24.4. The second-order valence-corrected chi connectivity index (χ2v) is 38.8. The molecule has 31 nitrogen and oxygen atoms in total. The molecule has 33 heteroatoms. The molecule has 0 aliphatic heterocycles. The topological polar surface area (TPSA) is 422 Å². The quantitative estimate of drug-likeness (QED) is 0.00960. The number of hydrogen-bond donors (Lipinski definition) is 12. The SMILES string of the molecule is CCSSC[C@H](NC(=O)OC(C)(C)C)C(=O)NCCOCCOCC(=O)NCC(=O)N[C@H](C(=O)N[C@@H](CC(=O)NC(c1ccccc1)(c1ccccc1)c1ccccc1)C(=O)N[C@@H](C)C(=O)N[C@@H](COC(c1ccccc1)(c1ccccc1)c1ccccc1)C(=O)N[C@@H](COC(C)(C)C)C(=O)N[C@@H](COC(C)(C)C)C(=O)N[C@@H](CC(C)C)C(=O)N[C@@H](Cc1ccccc1)C(C)=O)C(C)C. The largest absolute Gasteiger partial charge is 0.444 e. The zero-order valence-corrected chi connectivity index (χ0v) is 81.2. The third-order valence-electron chi connectivity index (χ3n) is 20.7. The van der Waals surface area contributed by atoms with Crippen LogP contribution in [0, 0.1) is 11.8 Å². The summed E-state index contributed by atoms with van der Waals surface area (Å²) >= 11 is 0. The van der Waals surface area contributed by atoms with Gasteiger partial charge in [0, 0.05) is 18.1 Å². The molecule has 0 fully saturated rings. The molecule has 12 N–H and O–H groups in total. The van der Waals surface area contributed by atoms with E-state index in [-0.39, 0.29) is 56.7 Å². The molecular weight excluding hydrogens is 1750 g/mol. The highest BCUT2D eigenvalue weighted by Gasteiger charge is 2.44. The second-order valence-electron chi connectivity index (χ2n) is 36.0. The maximum absolute atomic E-state index is 15.9. The number of Topliss-reactive ketones (excluding diaryl/α,β-unsaturated/α-hetero) is 1. The molecule has 0 bridgehead atoms. The Kier molecular flexibility index (Phi) is 43.9. The van der Waals surface area contributed by atoms with Crippen LogP contribution in [0.4, 0.5) is 4.79 Å². The number of nitrogens with one attached hydrogen (secondary N) is 12. The van der Waals surface area contributed by atoms with Gasteiger partial charge in [-0.05, 0) is 140 Å². The molecule has 0 aromatic heterocycles. The fourth-order valence-corrected chi connectivity index (χ4v) is 15.9. The van der Waals surface area contributed by atoms with E-state index in [4.69, 9.17) is 28.4 Å². The number of hydrogen-bond acceptors (Lipinski definition) is 21. The van der Waals surface area contributed by atoms with Crippen LogP contribution in [0.2, 0.25) is 0 Å². The van der Waals surface area contributed by atoms with Crippen molar-refractivity contribution in [2.24, 2.45) is 11.8 Å². The highest BCUT2D eigenvalue weighted by atomic mass is 33.1. The van der Waals surface area contributed by atoms with Crippen molar-refractivity contribution in [1.82, 2.24) is 63.8 Å². The maximum atomic E-state index is 15.9. The molecule has 0 radical (unpaired) electrons. The second kappa shape index (κ2) is 53.9. The number of benzene rings is 7. The van der Waals surface area contributed by atoms with Crippen molar-refractivity contribution < 1.29 is 90.8 Å². The molecule has 12 amide bonds. The summed E-state index contributed by atoms with van der Waals surface area (Å²) in [5.74, 6) is -9.48. The smallest absolute Gasteiger partial charge is 0.408 e. The molecule has 0 spiro atoms. The summed E-state index contributed by atoms with van der Waals surface area (Å²) in [6, 6.07) is 50.7. The van der Waals surface area contributed by atoms with E-state index in [1.165, 1.54) is 35.4 Å². The first-order valence-electron chi connectivity index (χ1n) is 45.1. The Morgan fingerprint density at radius 1 is 0.366 bits per heavy atom. The summed E-state index contributed by atoms with van der Waals surface area (Å²) in [5, 5.41) is 33.0. The van der Waals surface area contributed by atoms with E-state index in [1.54, 1.807) is 113 Å². The molecule has 0 aliphatic rings. The first-order valence-corrected chi connectivity index (χ1v) is 47.6. The average Bonchev–Trinajstić information content (AvgIpc) is 0.754. The predicted octanol–water partition coefficient (Wildman–Crippen LogP) is 9.12. The minimum Gasteiger partial charge on any atom is -0.444 e. The summed E-state index contributed by atoms with van der Waals surface area (Å²) in [6.07, 6.45) is -1.26. The van der Waals surface area contributed by atoms with Crippen LogP contribution in [-0.2, 0) is 104 Å². The number of alkyl carbamates (subject to hydrolysis) is 1. The van der Waals surface area contributed by atoms with Gasteiger partial charge in [0.25, 0.3) is 0 Å². The molecular formula is C101H134N12O19S2. The minimum atomic E-state index is -1.86. The van der Waals surface area contributed by atoms with Crippen LogP contribution in [0.5, 0.6) is 0 Å². The number of rotatable bonds is 53. The fourth-order valence-electron chi connectivity index (χ4n) is 14.1. The Morgan fingerprint density at radius 3 is 1.20 bits per heavy atom. The molecule has 7 rings (SSSR count). The monoisotopic (exact) mass is 1880 g/mol. The zero-order chi connectivity index (χ0) is 98.2. The van der Waals surface area contributed by atoms with Crippen molar-refractivity contribution in [3.63, 3.8) is 0 Å². The Hall–Kier alpha value is -11.9. The van der Waals surface area contributed by atoms with Gasteiger partial charge >= 0.3 is 6.09 Å². The number of ketones is 1. The van der Waals surface area contributed by atoms with Gasteiger partial charge in [-0.2, -0.15) is 0 Å². The van der Waals surface area contributed by atoms with Gasteiger partial charge < -0.3 is 92.2 Å². The highest BCUT2D eigenvalue weighted by molar-refractivity contribution is 8.76. The highest BCUT2D eigenvalue weighted by Crippen LogP contribution is 2.41. The van der Waals surface area contributed by atoms with Gasteiger partial charge in [-0.1, -0.05) is 269 Å².